The van der Waals surface area contributed by atoms with E-state index >= 15 is 0 Å². The van der Waals surface area contributed by atoms with Crippen LogP contribution in [-0.2, 0) is 24.7 Å². The van der Waals surface area contributed by atoms with E-state index in [1.165, 1.54) is 116 Å². The second-order valence-electron chi connectivity index (χ2n) is 22.1. The van der Waals surface area contributed by atoms with Crippen molar-refractivity contribution in [2.45, 2.75) is 63.5 Å². The summed E-state index contributed by atoms with van der Waals surface area (Å²) in [6.07, 6.45) is -11.8. The fourth-order valence-electron chi connectivity index (χ4n) is 9.71. The number of ketones is 4. The number of nitrogens with two attached hydrogens (primary N) is 8. The average Bonchev–Trinajstić information content (AvgIpc) is 1.72. The number of alkyl halides is 12. The summed E-state index contributed by atoms with van der Waals surface area (Å²) in [5, 5.41) is 8.86. The summed E-state index contributed by atoms with van der Waals surface area (Å²) < 4.78 is 159. The van der Waals surface area contributed by atoms with Gasteiger partial charge in [-0.2, -0.15) is 52.7 Å². The van der Waals surface area contributed by atoms with E-state index in [9.17, 15) is 71.9 Å². The molecule has 1 unspecified atom stereocenters. The van der Waals surface area contributed by atoms with Gasteiger partial charge in [0.25, 0.3) is 0 Å². The number of nitrogens with one attached hydrogen (secondary N) is 3. The normalized spacial score (nSPS) is 13.4. The maximum Gasteiger partial charge on any atom is 0.417 e. The maximum absolute atomic E-state index is 13.4. The highest BCUT2D eigenvalue weighted by atomic mass is 19.4. The summed E-state index contributed by atoms with van der Waals surface area (Å²) in [4.78, 5) is 67.3. The van der Waals surface area contributed by atoms with Crippen LogP contribution >= 0.6 is 0 Å². The van der Waals surface area contributed by atoms with Gasteiger partial charge in [0.2, 0.25) is 0 Å². The molecule has 0 saturated carbocycles. The minimum Gasteiger partial charge on any atom is -0.385 e. The van der Waals surface area contributed by atoms with Crippen molar-refractivity contribution < 1.29 is 76.1 Å². The van der Waals surface area contributed by atoms with E-state index in [0.29, 0.717) is 75.0 Å². The lowest BCUT2D eigenvalue weighted by molar-refractivity contribution is -0.138. The van der Waals surface area contributed by atoms with Gasteiger partial charge in [0.1, 0.15) is 23.3 Å². The first-order valence-electron chi connectivity index (χ1n) is 29.8. The van der Waals surface area contributed by atoms with Crippen LogP contribution in [0.15, 0.2) is 146 Å². The average molecular weight is 1390 g/mol. The van der Waals surface area contributed by atoms with Crippen molar-refractivity contribution in [1.29, 1.82) is 0 Å². The van der Waals surface area contributed by atoms with Gasteiger partial charge >= 0.3 is 24.7 Å². The first-order chi connectivity index (χ1) is 46.1. The number of nitrogen functional groups attached to an aromatic ring is 4. The summed E-state index contributed by atoms with van der Waals surface area (Å²) >= 11 is 0. The Labute approximate surface area is 558 Å². The third kappa shape index (κ3) is 20.3. The van der Waals surface area contributed by atoms with Crippen LogP contribution in [0.5, 0.6) is 0 Å². The SMILES string of the molecule is CC(C)[C@H](CN)Nc1ccc(C(F)(F)F)c(C(=O)c2cccnc2N)c1.NCCCNc1ccc(C(F)(F)F)c(C(=O)c2cccnc2N)c1.NCCNc1ccc(C(F)(F)F)c(C(=O)c2cccnc2N)c1.Nc1ncccc1C(=O)c1cc(N2CCC(N)C2)ccc1C(F)(F)F.[HH].[HH].[HH]. The van der Waals surface area contributed by atoms with Crippen LogP contribution in [0.2, 0.25) is 0 Å². The van der Waals surface area contributed by atoms with Crippen molar-refractivity contribution in [3.8, 4) is 0 Å². The van der Waals surface area contributed by atoms with Crippen molar-refractivity contribution >= 4 is 69.2 Å². The molecule has 1 aliphatic rings. The third-order valence-electron chi connectivity index (χ3n) is 14.8. The predicted molar refractivity (Wildman–Crippen MR) is 356 cm³/mol. The largest absolute Gasteiger partial charge is 0.417 e. The van der Waals surface area contributed by atoms with Gasteiger partial charge < -0.3 is 66.7 Å². The molecule has 98 heavy (non-hydrogen) atoms. The number of halogens is 12. The smallest absolute Gasteiger partial charge is 0.385 e. The molecule has 1 saturated heterocycles. The van der Waals surface area contributed by atoms with Crippen LogP contribution in [-0.4, -0.2) is 101 Å². The van der Waals surface area contributed by atoms with E-state index < -0.39 is 92.3 Å². The summed E-state index contributed by atoms with van der Waals surface area (Å²) in [5.74, 6) is -3.59. The number of hydrogen-bond donors (Lipinski definition) is 11. The Morgan fingerprint density at radius 2 is 0.816 bits per heavy atom. The molecule has 0 spiro atoms. The molecule has 4 aromatic heterocycles. The lowest BCUT2D eigenvalue weighted by atomic mass is 9.97. The van der Waals surface area contributed by atoms with Gasteiger partial charge in [0.15, 0.2) is 23.1 Å². The van der Waals surface area contributed by atoms with Crippen molar-refractivity contribution in [3.63, 3.8) is 0 Å². The van der Waals surface area contributed by atoms with Gasteiger partial charge in [-0.25, -0.2) is 19.9 Å². The van der Waals surface area contributed by atoms with Crippen molar-refractivity contribution in [3.05, 3.63) is 213 Å². The molecule has 0 radical (unpaired) electrons. The number of rotatable bonds is 20. The quantitative estimate of drug-likeness (QED) is 0.0192. The summed E-state index contributed by atoms with van der Waals surface area (Å²) in [6, 6.07) is 24.5. The third-order valence-corrected chi connectivity index (χ3v) is 14.8. The van der Waals surface area contributed by atoms with Gasteiger partial charge in [-0.1, -0.05) is 13.8 Å². The summed E-state index contributed by atoms with van der Waals surface area (Å²) in [6.45, 7) is 6.97. The van der Waals surface area contributed by atoms with Crippen LogP contribution in [0, 0.1) is 5.92 Å². The number of carbonyl (C=O) groups is 4. The van der Waals surface area contributed by atoms with Crippen molar-refractivity contribution in [2.24, 2.45) is 28.9 Å². The van der Waals surface area contributed by atoms with Crippen LogP contribution in [0.3, 0.4) is 0 Å². The fraction of sp³-hybridized carbons (Fsp3) is 0.273. The monoisotopic (exact) mass is 1380 g/mol. The molecule has 32 heteroatoms. The number of nitrogens with zero attached hydrogens (tertiary/aromatic N) is 5. The van der Waals surface area contributed by atoms with E-state index in [1.54, 1.807) is 0 Å². The molecular weight excluding hydrogens is 1310 g/mol. The number of pyridine rings is 4. The minimum atomic E-state index is -4.67. The Bertz CT molecular complexity index is 4100. The molecule has 9 rings (SSSR count). The topological polar surface area (TPSA) is 367 Å². The first-order valence-corrected chi connectivity index (χ1v) is 29.8. The van der Waals surface area contributed by atoms with Crippen LogP contribution < -0.4 is 66.7 Å². The Morgan fingerprint density at radius 1 is 0.480 bits per heavy atom. The highest BCUT2D eigenvalue weighted by molar-refractivity contribution is 6.15. The Kier molecular flexibility index (Phi) is 26.2. The number of hydrogen-bond acceptors (Lipinski definition) is 20. The van der Waals surface area contributed by atoms with E-state index in [1.807, 2.05) is 18.7 Å². The Hall–Kier alpha value is -10.4. The highest BCUT2D eigenvalue weighted by Crippen LogP contribution is 2.40. The number of benzene rings is 4. The molecule has 1 fully saturated rings. The minimum absolute atomic E-state index is 0. The van der Waals surface area contributed by atoms with E-state index in [-0.39, 0.29) is 67.8 Å². The van der Waals surface area contributed by atoms with Crippen molar-refractivity contribution in [2.75, 3.05) is 89.6 Å². The van der Waals surface area contributed by atoms with Crippen LogP contribution in [0.1, 0.15) is 117 Å². The fourth-order valence-corrected chi connectivity index (χ4v) is 9.71. The standard InChI is InChI=1S/C18H21F3N4O.C17H17F3N4O.C16H17F3N4O.C15H15F3N4O.3H2/c1-10(2)15(9-22)25-11-5-6-14(18(19,20)21)13(8-11)16(26)12-4-3-7-24-17(12)23;18-17(19,20)14-4-3-11(24-7-5-10(21)9-24)8-13(14)15(25)12-2-1-6-23-16(12)22;17-16(18,19)13-5-4-10(22-8-2-6-20)9-12(13)14(24)11-3-1-7-23-15(11)21;16-15(17,18)12-4-3-9(21-7-5-19)8-11(12)13(23)10-2-1-6-22-14(10)20;;;/h3-8,10,15,25H,9,22H2,1-2H3,(H2,23,24);1-4,6,8,10H,5,7,9,21H2,(H2,22,23);1,3-5,7,9,22H,2,6,8,20H2,(H2,21,23);1-4,6,8,21H,5,7,19H2,(H2,20,22);3*1H/t15-;;;;;;/m0....../s1. The molecule has 0 bridgehead atoms. The Morgan fingerprint density at radius 3 is 1.12 bits per heavy atom. The molecule has 528 valence electrons. The molecule has 2 atom stereocenters. The molecule has 1 aliphatic heterocycles. The number of anilines is 8. The van der Waals surface area contributed by atoms with Gasteiger partial charge in [-0.05, 0) is 147 Å². The molecule has 4 aromatic carbocycles. The summed E-state index contributed by atoms with van der Waals surface area (Å²) in [7, 11) is 0. The molecule has 0 aliphatic carbocycles. The second kappa shape index (κ2) is 33.5. The lowest BCUT2D eigenvalue weighted by Gasteiger charge is -2.23. The Balaban J connectivity index is 0.000000347. The van der Waals surface area contributed by atoms with Crippen LogP contribution in [0.25, 0.3) is 0 Å². The van der Waals surface area contributed by atoms with Gasteiger partial charge in [-0.15, -0.1) is 0 Å². The van der Waals surface area contributed by atoms with E-state index in [4.69, 9.17) is 45.9 Å². The number of aromatic nitrogens is 4. The number of carbonyl (C=O) groups excluding carboxylic acids is 4. The van der Waals surface area contributed by atoms with E-state index in [0.717, 1.165) is 36.8 Å². The zero-order valence-electron chi connectivity index (χ0n) is 52.5. The van der Waals surface area contributed by atoms with Gasteiger partial charge in [0, 0.05) is 125 Å². The zero-order valence-corrected chi connectivity index (χ0v) is 52.5. The van der Waals surface area contributed by atoms with E-state index in [2.05, 4.69) is 35.9 Å². The predicted octanol–water partition coefficient (Wildman–Crippen LogP) is 11.5. The van der Waals surface area contributed by atoms with Gasteiger partial charge in [-0.3, -0.25) is 19.2 Å². The van der Waals surface area contributed by atoms with Gasteiger partial charge in [0.05, 0.1) is 44.5 Å². The second-order valence-corrected chi connectivity index (χ2v) is 22.1. The highest BCUT2D eigenvalue weighted by Gasteiger charge is 2.40. The zero-order chi connectivity index (χ0) is 72.5. The molecule has 20 nitrogen and oxygen atoms in total. The molecule has 8 aromatic rings. The summed E-state index contributed by atoms with van der Waals surface area (Å²) in [5.41, 5.74) is 40.3. The molecule has 19 N–H and O–H groups in total. The molecular formula is C66H76F12N16O4. The van der Waals surface area contributed by atoms with Crippen molar-refractivity contribution in [1.82, 2.24) is 19.9 Å². The van der Waals surface area contributed by atoms with Crippen LogP contribution in [0.4, 0.5) is 98.7 Å². The maximum atomic E-state index is 13.4. The molecule has 0 amide bonds. The lowest BCUT2D eigenvalue weighted by Crippen LogP contribution is -2.33. The first kappa shape index (κ1) is 76.6. The molecule has 5 heterocycles.